The molecule has 0 aliphatic heterocycles. The summed E-state index contributed by atoms with van der Waals surface area (Å²) < 4.78 is 39.9. The van der Waals surface area contributed by atoms with E-state index in [0.717, 1.165) is 35.6 Å². The number of halogens is 1. The number of hydrogen-bond acceptors (Lipinski definition) is 4. The van der Waals surface area contributed by atoms with Crippen molar-refractivity contribution in [2.24, 2.45) is 0 Å². The fourth-order valence-electron chi connectivity index (χ4n) is 2.48. The normalized spacial score (nSPS) is 11.4. The Morgan fingerprint density at radius 2 is 1.66 bits per heavy atom. The molecule has 8 heteroatoms. The monoisotopic (exact) mass is 438 g/mol. The van der Waals surface area contributed by atoms with E-state index in [9.17, 15) is 17.6 Å². The van der Waals surface area contributed by atoms with Gasteiger partial charge in [-0.15, -0.1) is 0 Å². The molecule has 2 aromatic rings. The molecule has 0 unspecified atom stereocenters. The number of unbranched alkanes of at least 4 members (excludes halogenated alkanes) is 1. The van der Waals surface area contributed by atoms with Crippen LogP contribution in [0.5, 0.6) is 0 Å². The first-order chi connectivity index (χ1) is 13.9. The number of carbonyl (C=O) groups is 1. The quantitative estimate of drug-likeness (QED) is 0.492. The Kier molecular flexibility index (Phi) is 9.63. The first-order valence-corrected chi connectivity index (χ1v) is 12.3. The van der Waals surface area contributed by atoms with Gasteiger partial charge >= 0.3 is 0 Å². The highest BCUT2D eigenvalue weighted by atomic mass is 32.2. The van der Waals surface area contributed by atoms with Gasteiger partial charge in [-0.2, -0.15) is 11.8 Å². The van der Waals surface area contributed by atoms with Crippen LogP contribution in [0.3, 0.4) is 0 Å². The molecule has 2 rings (SSSR count). The summed E-state index contributed by atoms with van der Waals surface area (Å²) in [4.78, 5) is 12.2. The maximum absolute atomic E-state index is 12.9. The highest BCUT2D eigenvalue weighted by Gasteiger charge is 2.13. The Hall–Kier alpha value is -1.90. The summed E-state index contributed by atoms with van der Waals surface area (Å²) in [7, 11) is -3.72. The number of carbonyl (C=O) groups excluding carboxylic acids is 1. The lowest BCUT2D eigenvalue weighted by molar-refractivity contribution is 0.0953. The van der Waals surface area contributed by atoms with Gasteiger partial charge in [-0.05, 0) is 66.3 Å². The molecule has 0 saturated carbocycles. The molecule has 0 radical (unpaired) electrons. The number of thioether (sulfide) groups is 1. The molecule has 0 atom stereocenters. The van der Waals surface area contributed by atoms with Crippen molar-refractivity contribution in [1.82, 2.24) is 10.0 Å². The molecule has 0 spiro atoms. The lowest BCUT2D eigenvalue weighted by Crippen LogP contribution is -2.25. The van der Waals surface area contributed by atoms with Gasteiger partial charge in [-0.1, -0.05) is 25.5 Å². The van der Waals surface area contributed by atoms with Gasteiger partial charge in [-0.25, -0.2) is 17.5 Å². The van der Waals surface area contributed by atoms with Crippen molar-refractivity contribution >= 4 is 27.7 Å². The van der Waals surface area contributed by atoms with Crippen molar-refractivity contribution in [3.63, 3.8) is 0 Å². The van der Waals surface area contributed by atoms with Crippen LogP contribution in [0.1, 0.15) is 42.1 Å². The van der Waals surface area contributed by atoms with Gasteiger partial charge in [0.1, 0.15) is 5.82 Å². The van der Waals surface area contributed by atoms with E-state index in [1.165, 1.54) is 25.0 Å². The average Bonchev–Trinajstić information content (AvgIpc) is 2.72. The lowest BCUT2D eigenvalue weighted by atomic mass is 10.1. The van der Waals surface area contributed by atoms with Crippen molar-refractivity contribution < 1.29 is 17.6 Å². The largest absolute Gasteiger partial charge is 0.352 e. The molecule has 158 valence electrons. The van der Waals surface area contributed by atoms with Crippen LogP contribution in [-0.4, -0.2) is 32.4 Å². The molecule has 2 N–H and O–H groups in total. The van der Waals surface area contributed by atoms with Gasteiger partial charge in [0.05, 0.1) is 4.90 Å². The summed E-state index contributed by atoms with van der Waals surface area (Å²) in [6.45, 7) is 2.89. The van der Waals surface area contributed by atoms with Gasteiger partial charge in [-0.3, -0.25) is 4.79 Å². The Bertz CT molecular complexity index is 870. The van der Waals surface area contributed by atoms with Crippen LogP contribution in [0.15, 0.2) is 53.4 Å². The minimum Gasteiger partial charge on any atom is -0.352 e. The summed E-state index contributed by atoms with van der Waals surface area (Å²) in [6.07, 6.45) is 3.36. The summed E-state index contributed by atoms with van der Waals surface area (Å²) in [6, 6.07) is 11.4. The maximum Gasteiger partial charge on any atom is 0.251 e. The first-order valence-electron chi connectivity index (χ1n) is 9.62. The number of sulfonamides is 1. The Morgan fingerprint density at radius 3 is 2.31 bits per heavy atom. The number of hydrogen-bond donors (Lipinski definition) is 2. The second-order valence-corrected chi connectivity index (χ2v) is 9.54. The molecule has 1 amide bonds. The van der Waals surface area contributed by atoms with Crippen molar-refractivity contribution in [1.29, 1.82) is 0 Å². The predicted molar refractivity (Wildman–Crippen MR) is 116 cm³/mol. The van der Waals surface area contributed by atoms with E-state index in [0.29, 0.717) is 12.1 Å². The van der Waals surface area contributed by atoms with Gasteiger partial charge in [0.15, 0.2) is 0 Å². The minimum atomic E-state index is -3.72. The second kappa shape index (κ2) is 11.9. The molecule has 5 nitrogen and oxygen atoms in total. The van der Waals surface area contributed by atoms with Crippen LogP contribution in [-0.2, 0) is 16.6 Å². The summed E-state index contributed by atoms with van der Waals surface area (Å²) >= 11 is 1.91. The van der Waals surface area contributed by atoms with Crippen LogP contribution in [0, 0.1) is 5.82 Å². The summed E-state index contributed by atoms with van der Waals surface area (Å²) in [5.74, 6) is 1.57. The Labute approximate surface area is 176 Å². The van der Waals surface area contributed by atoms with E-state index in [1.807, 2.05) is 11.8 Å². The number of rotatable bonds is 12. The SMILES string of the molecule is CCCCSCCCNC(=O)c1ccc(CNS(=O)(=O)c2ccc(F)cc2)cc1. The average molecular weight is 439 g/mol. The number of benzene rings is 2. The molecule has 0 aromatic heterocycles. The van der Waals surface area contributed by atoms with Crippen LogP contribution >= 0.6 is 11.8 Å². The number of amides is 1. The molecular weight excluding hydrogens is 411 g/mol. The van der Waals surface area contributed by atoms with Crippen LogP contribution in [0.4, 0.5) is 4.39 Å². The van der Waals surface area contributed by atoms with Crippen molar-refractivity contribution in [2.75, 3.05) is 18.1 Å². The van der Waals surface area contributed by atoms with Gasteiger partial charge in [0, 0.05) is 18.7 Å². The molecule has 0 aliphatic carbocycles. The van der Waals surface area contributed by atoms with Crippen LogP contribution < -0.4 is 10.0 Å². The third kappa shape index (κ3) is 8.16. The molecule has 0 heterocycles. The third-order valence-corrected chi connectivity index (χ3v) is 6.77. The van der Waals surface area contributed by atoms with Crippen molar-refractivity contribution in [2.45, 2.75) is 37.6 Å². The van der Waals surface area contributed by atoms with E-state index < -0.39 is 15.8 Å². The van der Waals surface area contributed by atoms with E-state index >= 15 is 0 Å². The Balaban J connectivity index is 1.77. The van der Waals surface area contributed by atoms with Crippen LogP contribution in [0.25, 0.3) is 0 Å². The highest BCUT2D eigenvalue weighted by Crippen LogP contribution is 2.11. The summed E-state index contributed by atoms with van der Waals surface area (Å²) in [5, 5.41) is 2.90. The van der Waals surface area contributed by atoms with E-state index in [1.54, 1.807) is 24.3 Å². The molecule has 0 aliphatic rings. The topological polar surface area (TPSA) is 75.3 Å². The first kappa shape index (κ1) is 23.4. The fourth-order valence-corrected chi connectivity index (χ4v) is 4.54. The smallest absolute Gasteiger partial charge is 0.251 e. The number of nitrogens with one attached hydrogen (secondary N) is 2. The molecule has 0 bridgehead atoms. The molecule has 0 fully saturated rings. The van der Waals surface area contributed by atoms with Crippen molar-refractivity contribution in [3.8, 4) is 0 Å². The van der Waals surface area contributed by atoms with Crippen molar-refractivity contribution in [3.05, 3.63) is 65.5 Å². The summed E-state index contributed by atoms with van der Waals surface area (Å²) in [5.41, 5.74) is 1.26. The minimum absolute atomic E-state index is 0.00255. The fraction of sp³-hybridized carbons (Fsp3) is 0.381. The van der Waals surface area contributed by atoms with Crippen LogP contribution in [0.2, 0.25) is 0 Å². The maximum atomic E-state index is 12.9. The molecule has 2 aromatic carbocycles. The zero-order chi connectivity index (χ0) is 21.1. The lowest BCUT2D eigenvalue weighted by Gasteiger charge is -2.08. The van der Waals surface area contributed by atoms with Gasteiger partial charge < -0.3 is 5.32 Å². The second-order valence-electron chi connectivity index (χ2n) is 6.55. The standard InChI is InChI=1S/C21H27FN2O3S2/c1-2-3-14-28-15-4-13-23-21(25)18-7-5-17(6-8-18)16-24-29(26,27)20-11-9-19(22)10-12-20/h5-12,24H,2-4,13-16H2,1H3,(H,23,25). The molecule has 0 saturated heterocycles. The van der Waals surface area contributed by atoms with Gasteiger partial charge in [0.25, 0.3) is 5.91 Å². The Morgan fingerprint density at radius 1 is 1.00 bits per heavy atom. The highest BCUT2D eigenvalue weighted by molar-refractivity contribution is 7.99. The van der Waals surface area contributed by atoms with Gasteiger partial charge in [0.2, 0.25) is 10.0 Å². The zero-order valence-electron chi connectivity index (χ0n) is 16.5. The van der Waals surface area contributed by atoms with E-state index in [4.69, 9.17) is 0 Å². The zero-order valence-corrected chi connectivity index (χ0v) is 18.1. The third-order valence-electron chi connectivity index (χ3n) is 4.20. The predicted octanol–water partition coefficient (Wildman–Crippen LogP) is 3.96. The van der Waals surface area contributed by atoms with E-state index in [-0.39, 0.29) is 17.3 Å². The van der Waals surface area contributed by atoms with E-state index in [2.05, 4.69) is 17.0 Å². The molecular formula is C21H27FN2O3S2. The molecule has 29 heavy (non-hydrogen) atoms.